The maximum absolute atomic E-state index is 8.36. The summed E-state index contributed by atoms with van der Waals surface area (Å²) in [6, 6.07) is 13.1. The third kappa shape index (κ3) is 9.97. The fourth-order valence-corrected chi connectivity index (χ4v) is 5.15. The van der Waals surface area contributed by atoms with Gasteiger partial charge in [0.05, 0.1) is 11.6 Å². The lowest BCUT2D eigenvalue weighted by Gasteiger charge is -2.29. The largest absolute Gasteiger partial charge is 0.491 e. The minimum absolute atomic E-state index is 0.280. The summed E-state index contributed by atoms with van der Waals surface area (Å²) in [5, 5.41) is 33.4. The van der Waals surface area contributed by atoms with E-state index >= 15 is 0 Å². The summed E-state index contributed by atoms with van der Waals surface area (Å²) in [4.78, 5) is 25.1. The second-order valence-electron chi connectivity index (χ2n) is 8.31. The van der Waals surface area contributed by atoms with Gasteiger partial charge in [-0.1, -0.05) is 48.0 Å². The van der Waals surface area contributed by atoms with Crippen LogP contribution in [0.4, 0.5) is 0 Å². The lowest BCUT2D eigenvalue weighted by atomic mass is 10.1. The molecule has 2 N–H and O–H groups in total. The Hall–Kier alpha value is -4.16. The lowest BCUT2D eigenvalue weighted by molar-refractivity contribution is -0.742. The standard InChI is InChI=1S/C24H23Cl2N5O3S.2HNO3/c1-2-35-23-28-9-10-31(23)18-4-6-19(7-5-18)32-12-20-13-33-24(34-20,14-30-16-27-15-29-30)21-8-3-17(25)11-22(21)26;2*2-1(3)4/h3-11,15-16,20H,2,12-14H2,1H3;2*(H,2,3,4)/t20-,24-;;/m1../s1. The molecular formula is C24H25Cl2N7O9S. The molecule has 2 aromatic carbocycles. The average molecular weight is 658 g/mol. The smallest absolute Gasteiger partial charge is 0.291 e. The first kappa shape index (κ1) is 33.3. The maximum atomic E-state index is 8.36. The van der Waals surface area contributed by atoms with Crippen molar-refractivity contribution in [3.8, 4) is 11.4 Å². The number of thioether (sulfide) groups is 1. The summed E-state index contributed by atoms with van der Waals surface area (Å²) >= 11 is 14.3. The van der Waals surface area contributed by atoms with Gasteiger partial charge in [0, 0.05) is 28.7 Å². The van der Waals surface area contributed by atoms with E-state index < -0.39 is 16.0 Å². The van der Waals surface area contributed by atoms with Crippen molar-refractivity contribution < 1.29 is 34.8 Å². The number of hydrogen-bond acceptors (Lipinski definition) is 11. The molecule has 0 saturated carbocycles. The highest BCUT2D eigenvalue weighted by Gasteiger charge is 2.45. The molecule has 0 unspecified atom stereocenters. The number of hydrogen-bond donors (Lipinski definition) is 2. The van der Waals surface area contributed by atoms with Crippen molar-refractivity contribution in [2.24, 2.45) is 0 Å². The number of nitrogens with zero attached hydrogens (tertiary/aromatic N) is 7. The summed E-state index contributed by atoms with van der Waals surface area (Å²) in [6.07, 6.45) is 6.51. The van der Waals surface area contributed by atoms with E-state index in [-0.39, 0.29) is 12.6 Å². The first-order valence-corrected chi connectivity index (χ1v) is 13.9. The normalized spacial score (nSPS) is 17.2. The van der Waals surface area contributed by atoms with Crippen LogP contribution >= 0.6 is 35.0 Å². The minimum atomic E-state index is -1.50. The zero-order valence-corrected chi connectivity index (χ0v) is 24.6. The Morgan fingerprint density at radius 3 is 2.47 bits per heavy atom. The van der Waals surface area contributed by atoms with E-state index in [2.05, 4.69) is 26.6 Å². The van der Waals surface area contributed by atoms with Gasteiger partial charge in [0.25, 0.3) is 10.2 Å². The van der Waals surface area contributed by atoms with Crippen LogP contribution in [0.5, 0.6) is 5.75 Å². The number of rotatable bonds is 9. The van der Waals surface area contributed by atoms with Crippen LogP contribution in [0.3, 0.4) is 0 Å². The van der Waals surface area contributed by atoms with E-state index in [4.69, 9.17) is 68.1 Å². The molecule has 43 heavy (non-hydrogen) atoms. The Balaban J connectivity index is 0.000000566. The molecule has 1 fully saturated rings. The Kier molecular flexibility index (Phi) is 12.3. The molecule has 16 nitrogen and oxygen atoms in total. The van der Waals surface area contributed by atoms with Gasteiger partial charge < -0.3 is 24.6 Å². The van der Waals surface area contributed by atoms with Crippen LogP contribution in [0.25, 0.3) is 5.69 Å². The third-order valence-corrected chi connectivity index (χ3v) is 6.87. The number of ether oxygens (including phenoxy) is 3. The Morgan fingerprint density at radius 1 is 1.16 bits per heavy atom. The van der Waals surface area contributed by atoms with Crippen molar-refractivity contribution in [1.29, 1.82) is 0 Å². The van der Waals surface area contributed by atoms with Crippen LogP contribution in [0.15, 0.2) is 72.7 Å². The highest BCUT2D eigenvalue weighted by Crippen LogP contribution is 2.40. The van der Waals surface area contributed by atoms with Gasteiger partial charge in [-0.05, 0) is 42.2 Å². The summed E-state index contributed by atoms with van der Waals surface area (Å²) in [5.74, 6) is 0.559. The molecule has 5 rings (SSSR count). The fourth-order valence-electron chi connectivity index (χ4n) is 3.90. The molecular weight excluding hydrogens is 633 g/mol. The zero-order chi connectivity index (χ0) is 31.4. The molecule has 1 aliphatic rings. The Morgan fingerprint density at radius 2 is 1.86 bits per heavy atom. The number of benzene rings is 2. The number of halogens is 2. The molecule has 1 saturated heterocycles. The average Bonchev–Trinajstić information content (AvgIpc) is 3.70. The number of imidazole rings is 1. The van der Waals surface area contributed by atoms with Crippen molar-refractivity contribution in [1.82, 2.24) is 24.3 Å². The quantitative estimate of drug-likeness (QED) is 0.144. The van der Waals surface area contributed by atoms with E-state index in [0.717, 1.165) is 22.3 Å². The molecule has 4 aromatic rings. The van der Waals surface area contributed by atoms with Gasteiger partial charge in [0.15, 0.2) is 5.16 Å². The van der Waals surface area contributed by atoms with E-state index in [0.29, 0.717) is 28.8 Å². The molecule has 0 radical (unpaired) electrons. The molecule has 19 heteroatoms. The van der Waals surface area contributed by atoms with Gasteiger partial charge in [-0.25, -0.2) is 14.6 Å². The van der Waals surface area contributed by atoms with Gasteiger partial charge in [-0.3, -0.25) is 4.57 Å². The molecule has 3 heterocycles. The van der Waals surface area contributed by atoms with Crippen molar-refractivity contribution >= 4 is 35.0 Å². The molecule has 0 amide bonds. The first-order valence-electron chi connectivity index (χ1n) is 12.2. The number of aromatic nitrogens is 5. The van der Waals surface area contributed by atoms with Gasteiger partial charge >= 0.3 is 0 Å². The topological polar surface area (TPSA) is 203 Å². The summed E-state index contributed by atoms with van der Waals surface area (Å²) in [6.45, 7) is 3.03. The van der Waals surface area contributed by atoms with E-state index in [1.54, 1.807) is 41.1 Å². The second kappa shape index (κ2) is 15.9. The van der Waals surface area contributed by atoms with Gasteiger partial charge in [-0.15, -0.1) is 20.2 Å². The van der Waals surface area contributed by atoms with Crippen LogP contribution < -0.4 is 4.74 Å². The highest BCUT2D eigenvalue weighted by atomic mass is 35.5. The monoisotopic (exact) mass is 657 g/mol. The van der Waals surface area contributed by atoms with Crippen LogP contribution in [-0.4, -0.2) is 70.0 Å². The Bertz CT molecular complexity index is 1460. The van der Waals surface area contributed by atoms with Crippen molar-refractivity contribution in [2.75, 3.05) is 19.0 Å². The summed E-state index contributed by atoms with van der Waals surface area (Å²) in [7, 11) is 0. The zero-order valence-electron chi connectivity index (χ0n) is 22.3. The molecule has 2 atom stereocenters. The fraction of sp³-hybridized carbons (Fsp3) is 0.292. The Labute approximate surface area is 258 Å². The van der Waals surface area contributed by atoms with Crippen LogP contribution in [0.2, 0.25) is 10.0 Å². The van der Waals surface area contributed by atoms with Crippen LogP contribution in [-0.2, 0) is 21.8 Å². The molecule has 1 aliphatic heterocycles. The van der Waals surface area contributed by atoms with Crippen molar-refractivity contribution in [3.05, 3.63) is 103 Å². The first-order chi connectivity index (χ1) is 20.5. The van der Waals surface area contributed by atoms with Crippen LogP contribution in [0.1, 0.15) is 12.5 Å². The minimum Gasteiger partial charge on any atom is -0.491 e. The third-order valence-electron chi connectivity index (χ3n) is 5.47. The predicted octanol–water partition coefficient (Wildman–Crippen LogP) is 4.53. The summed E-state index contributed by atoms with van der Waals surface area (Å²) in [5.41, 5.74) is 1.70. The predicted molar refractivity (Wildman–Crippen MR) is 152 cm³/mol. The SMILES string of the molecule is CCSc1nccn1-c1ccc(OC[C@@H]2CO[C@@](Cn3cncn3)(c3ccc(Cl)cc3Cl)O2)cc1.O=[N+]([O-])O.O=[N+]([O-])O. The maximum Gasteiger partial charge on any atom is 0.291 e. The lowest BCUT2D eigenvalue weighted by Crippen LogP contribution is -2.35. The second-order valence-corrected chi connectivity index (χ2v) is 10.4. The van der Waals surface area contributed by atoms with Crippen molar-refractivity contribution in [2.45, 2.75) is 30.5 Å². The van der Waals surface area contributed by atoms with Crippen LogP contribution in [0, 0.1) is 20.2 Å². The van der Waals surface area contributed by atoms with Crippen molar-refractivity contribution in [3.63, 3.8) is 0 Å². The molecule has 0 spiro atoms. The van der Waals surface area contributed by atoms with E-state index in [9.17, 15) is 0 Å². The van der Waals surface area contributed by atoms with E-state index in [1.165, 1.54) is 6.33 Å². The van der Waals surface area contributed by atoms with Gasteiger partial charge in [0.1, 0.15) is 37.7 Å². The molecule has 0 bridgehead atoms. The molecule has 2 aromatic heterocycles. The van der Waals surface area contributed by atoms with Gasteiger partial charge in [0.2, 0.25) is 5.79 Å². The summed E-state index contributed by atoms with van der Waals surface area (Å²) < 4.78 is 22.3. The molecule has 230 valence electrons. The van der Waals surface area contributed by atoms with Gasteiger partial charge in [-0.2, -0.15) is 5.10 Å². The molecule has 0 aliphatic carbocycles. The van der Waals surface area contributed by atoms with E-state index in [1.807, 2.05) is 36.5 Å². The highest BCUT2D eigenvalue weighted by molar-refractivity contribution is 7.99.